The zero-order valence-electron chi connectivity index (χ0n) is 67.1. The summed E-state index contributed by atoms with van der Waals surface area (Å²) in [6.07, 6.45) is 62.3. The van der Waals surface area contributed by atoms with Crippen molar-refractivity contribution in [2.45, 2.75) is 452 Å². The molecule has 2 unspecified atom stereocenters. The molecule has 0 amide bonds. The van der Waals surface area contributed by atoms with Crippen molar-refractivity contribution in [1.29, 1.82) is 0 Å². The Morgan fingerprint density at radius 3 is 0.667 bits per heavy atom. The van der Waals surface area contributed by atoms with E-state index in [0.717, 1.165) is 108 Å². The van der Waals surface area contributed by atoms with Crippen molar-refractivity contribution in [3.05, 3.63) is 0 Å². The summed E-state index contributed by atoms with van der Waals surface area (Å²) in [6, 6.07) is 0. The maximum Gasteiger partial charge on any atom is 0.472 e. The lowest BCUT2D eigenvalue weighted by Gasteiger charge is -2.21. The second-order valence-corrected chi connectivity index (χ2v) is 34.2. The molecule has 0 aromatic carbocycles. The number of carbonyl (C=O) groups is 4. The number of rotatable bonds is 81. The standard InChI is InChI=1S/C83H162O17P2/c1-8-9-10-11-12-13-26-36-43-50-57-64-80(85)93-70-78(100-83(88)67-60-53-46-39-32-25-24-29-35-42-49-56-63-76(6)7)72-97-101(89,90)95-68-77(84)69-96-102(91,92)98-73-79(71-94-81(86)65-58-51-44-37-30-22-19-18-21-28-34-41-48-55-62-75(4)5)99-82(87)66-59-52-45-38-31-23-17-15-14-16-20-27-33-40-47-54-61-74(2)3/h74-79,84H,8-73H2,1-7H3,(H,89,90)(H,91,92)/t77-,78+,79+/m0/s1. The Kier molecular flexibility index (Phi) is 71.8. The molecule has 0 heterocycles. The molecule has 19 heteroatoms. The average Bonchev–Trinajstić information content (AvgIpc) is 0.917. The number of ether oxygens (including phenoxy) is 4. The third-order valence-corrected chi connectivity index (χ3v) is 21.3. The minimum Gasteiger partial charge on any atom is -0.462 e. The van der Waals surface area contributed by atoms with Crippen LogP contribution in [-0.4, -0.2) is 96.7 Å². The Balaban J connectivity index is 5.25. The van der Waals surface area contributed by atoms with E-state index in [1.54, 1.807) is 0 Å². The van der Waals surface area contributed by atoms with Gasteiger partial charge in [0.05, 0.1) is 26.4 Å². The number of esters is 4. The van der Waals surface area contributed by atoms with Gasteiger partial charge in [0.25, 0.3) is 0 Å². The molecule has 0 saturated carbocycles. The average molecular weight is 1490 g/mol. The van der Waals surface area contributed by atoms with E-state index in [9.17, 15) is 43.2 Å². The van der Waals surface area contributed by atoms with Crippen LogP contribution < -0.4 is 0 Å². The Labute approximate surface area is 626 Å². The van der Waals surface area contributed by atoms with Crippen LogP contribution in [0.5, 0.6) is 0 Å². The number of phosphoric ester groups is 2. The SMILES string of the molecule is CCCCCCCCCCCCCC(=O)OC[C@H](COP(=O)(O)OC[C@H](O)COP(=O)(O)OC[C@@H](COC(=O)CCCCCCCCCCCCCCCCC(C)C)OC(=O)CCCCCCCCCCCCCCCCCCC(C)C)OC(=O)CCCCCCCCCCCCCCC(C)C. The maximum absolute atomic E-state index is 13.1. The van der Waals surface area contributed by atoms with Gasteiger partial charge in [0.1, 0.15) is 19.3 Å². The summed E-state index contributed by atoms with van der Waals surface area (Å²) in [5, 5.41) is 10.7. The fourth-order valence-electron chi connectivity index (χ4n) is 12.8. The summed E-state index contributed by atoms with van der Waals surface area (Å²) in [4.78, 5) is 73.1. The number of carbonyl (C=O) groups excluding carboxylic acids is 4. The first-order chi connectivity index (χ1) is 49.2. The number of aliphatic hydroxyl groups excluding tert-OH is 1. The van der Waals surface area contributed by atoms with E-state index >= 15 is 0 Å². The smallest absolute Gasteiger partial charge is 0.462 e. The van der Waals surface area contributed by atoms with Crippen LogP contribution in [0.4, 0.5) is 0 Å². The predicted molar refractivity (Wildman–Crippen MR) is 418 cm³/mol. The largest absolute Gasteiger partial charge is 0.472 e. The van der Waals surface area contributed by atoms with Gasteiger partial charge in [-0.3, -0.25) is 37.3 Å². The molecule has 0 aliphatic heterocycles. The van der Waals surface area contributed by atoms with Crippen molar-refractivity contribution in [3.8, 4) is 0 Å². The van der Waals surface area contributed by atoms with Crippen LogP contribution in [-0.2, 0) is 65.4 Å². The summed E-state index contributed by atoms with van der Waals surface area (Å²) >= 11 is 0. The van der Waals surface area contributed by atoms with Crippen LogP contribution in [0.15, 0.2) is 0 Å². The van der Waals surface area contributed by atoms with E-state index in [2.05, 4.69) is 48.5 Å². The molecule has 0 saturated heterocycles. The third-order valence-electron chi connectivity index (χ3n) is 19.4. The molecule has 0 aliphatic rings. The van der Waals surface area contributed by atoms with Crippen molar-refractivity contribution in [2.75, 3.05) is 39.6 Å². The highest BCUT2D eigenvalue weighted by Crippen LogP contribution is 2.45. The first-order valence-electron chi connectivity index (χ1n) is 42.8. The Hall–Kier alpha value is -1.94. The normalized spacial score (nSPS) is 13.9. The first-order valence-corrected chi connectivity index (χ1v) is 45.8. The number of hydrogen-bond donors (Lipinski definition) is 3. The zero-order chi connectivity index (χ0) is 75.1. The van der Waals surface area contributed by atoms with Gasteiger partial charge in [0, 0.05) is 25.7 Å². The van der Waals surface area contributed by atoms with Gasteiger partial charge in [-0.1, -0.05) is 382 Å². The highest BCUT2D eigenvalue weighted by molar-refractivity contribution is 7.47. The molecular weight excluding hydrogens is 1330 g/mol. The van der Waals surface area contributed by atoms with Gasteiger partial charge in [-0.2, -0.15) is 0 Å². The molecule has 0 bridgehead atoms. The van der Waals surface area contributed by atoms with E-state index in [1.807, 2.05) is 0 Å². The van der Waals surface area contributed by atoms with Gasteiger partial charge in [-0.25, -0.2) is 9.13 Å². The van der Waals surface area contributed by atoms with E-state index in [1.165, 1.54) is 244 Å². The molecule has 17 nitrogen and oxygen atoms in total. The summed E-state index contributed by atoms with van der Waals surface area (Å²) in [5.74, 6) is 0.279. The van der Waals surface area contributed by atoms with Gasteiger partial charge in [0.2, 0.25) is 0 Å². The maximum atomic E-state index is 13.1. The highest BCUT2D eigenvalue weighted by atomic mass is 31.2. The molecule has 0 aliphatic carbocycles. The van der Waals surface area contributed by atoms with Gasteiger partial charge in [0.15, 0.2) is 12.2 Å². The lowest BCUT2D eigenvalue weighted by Crippen LogP contribution is -2.30. The predicted octanol–water partition coefficient (Wildman–Crippen LogP) is 24.9. The zero-order valence-corrected chi connectivity index (χ0v) is 68.9. The van der Waals surface area contributed by atoms with Crippen molar-refractivity contribution in [2.24, 2.45) is 17.8 Å². The van der Waals surface area contributed by atoms with Crippen LogP contribution >= 0.6 is 15.6 Å². The lowest BCUT2D eigenvalue weighted by molar-refractivity contribution is -0.161. The number of aliphatic hydroxyl groups is 1. The molecular formula is C83H162O17P2. The third kappa shape index (κ3) is 76.3. The van der Waals surface area contributed by atoms with Crippen LogP contribution in [0.3, 0.4) is 0 Å². The van der Waals surface area contributed by atoms with Crippen LogP contribution in [0, 0.1) is 17.8 Å². The Morgan fingerprint density at radius 2 is 0.451 bits per heavy atom. The van der Waals surface area contributed by atoms with Crippen molar-refractivity contribution >= 4 is 39.5 Å². The fourth-order valence-corrected chi connectivity index (χ4v) is 14.4. The number of phosphoric acid groups is 2. The second-order valence-electron chi connectivity index (χ2n) is 31.3. The fraction of sp³-hybridized carbons (Fsp3) is 0.952. The molecule has 0 spiro atoms. The topological polar surface area (TPSA) is 237 Å². The molecule has 3 N–H and O–H groups in total. The summed E-state index contributed by atoms with van der Waals surface area (Å²) in [7, 11) is -9.92. The van der Waals surface area contributed by atoms with E-state index < -0.39 is 97.5 Å². The molecule has 0 radical (unpaired) electrons. The van der Waals surface area contributed by atoms with E-state index in [4.69, 9.17) is 37.0 Å². The van der Waals surface area contributed by atoms with Crippen molar-refractivity contribution < 1.29 is 80.2 Å². The van der Waals surface area contributed by atoms with Crippen LogP contribution in [0.2, 0.25) is 0 Å². The minimum absolute atomic E-state index is 0.107. The van der Waals surface area contributed by atoms with Crippen molar-refractivity contribution in [1.82, 2.24) is 0 Å². The molecule has 102 heavy (non-hydrogen) atoms. The molecule has 0 rings (SSSR count). The minimum atomic E-state index is -4.96. The van der Waals surface area contributed by atoms with Crippen LogP contribution in [0.1, 0.15) is 434 Å². The molecule has 0 aromatic heterocycles. The summed E-state index contributed by atoms with van der Waals surface area (Å²) < 4.78 is 68.8. The number of unbranched alkanes of at least 4 members (excludes halogenated alkanes) is 49. The van der Waals surface area contributed by atoms with E-state index in [-0.39, 0.29) is 25.7 Å². The quantitative estimate of drug-likeness (QED) is 0.0222. The lowest BCUT2D eigenvalue weighted by atomic mass is 10.0. The summed E-state index contributed by atoms with van der Waals surface area (Å²) in [5.41, 5.74) is 0. The Morgan fingerprint density at radius 1 is 0.265 bits per heavy atom. The van der Waals surface area contributed by atoms with Crippen LogP contribution in [0.25, 0.3) is 0 Å². The first kappa shape index (κ1) is 100. The monoisotopic (exact) mass is 1490 g/mol. The number of hydrogen-bond acceptors (Lipinski definition) is 15. The second kappa shape index (κ2) is 73.2. The molecule has 5 atom stereocenters. The molecule has 0 aromatic rings. The van der Waals surface area contributed by atoms with Gasteiger partial charge >= 0.3 is 39.5 Å². The van der Waals surface area contributed by atoms with Gasteiger partial charge in [-0.15, -0.1) is 0 Å². The highest BCUT2D eigenvalue weighted by Gasteiger charge is 2.30. The Bertz CT molecular complexity index is 1970. The van der Waals surface area contributed by atoms with Gasteiger partial charge in [-0.05, 0) is 43.4 Å². The molecule has 606 valence electrons. The summed E-state index contributed by atoms with van der Waals surface area (Å²) in [6.45, 7) is 12.0. The molecule has 0 fully saturated rings. The van der Waals surface area contributed by atoms with Gasteiger partial charge < -0.3 is 33.8 Å². The van der Waals surface area contributed by atoms with E-state index in [0.29, 0.717) is 25.7 Å². The van der Waals surface area contributed by atoms with Crippen molar-refractivity contribution in [3.63, 3.8) is 0 Å².